The van der Waals surface area contributed by atoms with E-state index in [1.165, 1.54) is 0 Å². The van der Waals surface area contributed by atoms with Crippen LogP contribution in [0.3, 0.4) is 0 Å². The van der Waals surface area contributed by atoms with Crippen molar-refractivity contribution in [1.82, 2.24) is 16.0 Å². The Morgan fingerprint density at radius 3 is 2.32 bits per heavy atom. The molecule has 1 rings (SSSR count). The number of ether oxygens (including phenoxy) is 2. The number of hydrogen-bond donors (Lipinski definition) is 3. The molecule has 0 spiro atoms. The Bertz CT molecular complexity index is 806. The van der Waals surface area contributed by atoms with Gasteiger partial charge in [0.2, 0.25) is 11.8 Å². The first kappa shape index (κ1) is 32.2. The maximum Gasteiger partial charge on any atom is 0.407 e. The van der Waals surface area contributed by atoms with Gasteiger partial charge >= 0.3 is 12.1 Å². The molecule has 1 heterocycles. The van der Waals surface area contributed by atoms with Gasteiger partial charge in [-0.05, 0) is 72.1 Å². The molecule has 0 aliphatic carbocycles. The van der Waals surface area contributed by atoms with Gasteiger partial charge in [0.1, 0.15) is 17.7 Å². The van der Waals surface area contributed by atoms with Crippen LogP contribution >= 0.6 is 0 Å². The molecule has 6 atom stereocenters. The van der Waals surface area contributed by atoms with Gasteiger partial charge in [-0.15, -0.1) is 13.2 Å². The summed E-state index contributed by atoms with van der Waals surface area (Å²) in [7, 11) is 0. The van der Waals surface area contributed by atoms with E-state index >= 15 is 0 Å². The summed E-state index contributed by atoms with van der Waals surface area (Å²) in [6.07, 6.45) is 6.54. The topological polar surface area (TPSA) is 123 Å². The number of carbonyl (C=O) groups excluding carboxylic acids is 4. The number of allylic oxidation sites excluding steroid dienone is 1. The quantitative estimate of drug-likeness (QED) is 0.220. The first-order chi connectivity index (χ1) is 17.2. The van der Waals surface area contributed by atoms with Crippen molar-refractivity contribution in [1.29, 1.82) is 0 Å². The summed E-state index contributed by atoms with van der Waals surface area (Å²) in [6, 6.07) is -1.43. The Morgan fingerprint density at radius 2 is 1.78 bits per heavy atom. The Labute approximate surface area is 222 Å². The van der Waals surface area contributed by atoms with Gasteiger partial charge in [0.25, 0.3) is 0 Å². The highest BCUT2D eigenvalue weighted by Crippen LogP contribution is 2.27. The van der Waals surface area contributed by atoms with Crippen molar-refractivity contribution in [2.24, 2.45) is 11.8 Å². The number of esters is 1. The number of carbonyl (C=O) groups is 4. The molecule has 0 bridgehead atoms. The first-order valence-corrected chi connectivity index (χ1v) is 13.3. The molecular formula is C28H47N3O6. The normalized spacial score (nSPS) is 20.5. The van der Waals surface area contributed by atoms with Crippen molar-refractivity contribution in [3.8, 4) is 0 Å². The monoisotopic (exact) mass is 521 g/mol. The molecule has 6 unspecified atom stereocenters. The van der Waals surface area contributed by atoms with Crippen LogP contribution in [0.4, 0.5) is 4.79 Å². The van der Waals surface area contributed by atoms with Crippen LogP contribution in [0.1, 0.15) is 86.5 Å². The summed E-state index contributed by atoms with van der Waals surface area (Å²) < 4.78 is 10.8. The largest absolute Gasteiger partial charge is 0.460 e. The van der Waals surface area contributed by atoms with Crippen LogP contribution in [0.2, 0.25) is 0 Å². The van der Waals surface area contributed by atoms with Crippen LogP contribution in [0.25, 0.3) is 0 Å². The fraction of sp³-hybridized carbons (Fsp3) is 0.714. The predicted octanol–water partition coefficient (Wildman–Crippen LogP) is 4.17. The fourth-order valence-corrected chi connectivity index (χ4v) is 4.18. The van der Waals surface area contributed by atoms with Crippen LogP contribution in [0.15, 0.2) is 25.3 Å². The second-order valence-corrected chi connectivity index (χ2v) is 11.1. The average Bonchev–Trinajstić information content (AvgIpc) is 3.12. The molecule has 0 radical (unpaired) electrons. The minimum absolute atomic E-state index is 0.117. The molecule has 1 saturated heterocycles. The van der Waals surface area contributed by atoms with E-state index in [1.54, 1.807) is 33.8 Å². The highest BCUT2D eigenvalue weighted by atomic mass is 16.6. The molecule has 37 heavy (non-hydrogen) atoms. The lowest BCUT2D eigenvalue weighted by Gasteiger charge is -2.28. The highest BCUT2D eigenvalue weighted by molar-refractivity contribution is 5.87. The molecule has 1 aliphatic heterocycles. The summed E-state index contributed by atoms with van der Waals surface area (Å²) in [5, 5.41) is 8.49. The van der Waals surface area contributed by atoms with Crippen molar-refractivity contribution in [3.05, 3.63) is 25.3 Å². The standard InChI is InChI=1S/C28H47N3O6/c1-9-11-13-18(3)16-22(23-17-19(4)26(34)36-23)31-25(33)20(5)29-24(32)15-14-21(12-10-2)30-27(35)37-28(6,7)8/h9-10,18-23H,1-2,11-17H2,3-8H3,(H,29,32)(H,30,35)(H,31,33). The number of alkyl carbamates (subject to hydrolysis) is 1. The summed E-state index contributed by atoms with van der Waals surface area (Å²) in [5.74, 6) is -0.804. The van der Waals surface area contributed by atoms with Gasteiger partial charge in [0.05, 0.1) is 12.0 Å². The van der Waals surface area contributed by atoms with Crippen molar-refractivity contribution < 1.29 is 28.7 Å². The van der Waals surface area contributed by atoms with Crippen LogP contribution in [-0.2, 0) is 23.9 Å². The van der Waals surface area contributed by atoms with Crippen molar-refractivity contribution in [2.75, 3.05) is 0 Å². The Hall–Kier alpha value is -2.84. The zero-order chi connectivity index (χ0) is 28.2. The summed E-state index contributed by atoms with van der Waals surface area (Å²) in [5.41, 5.74) is -0.626. The molecule has 0 saturated carbocycles. The third-order valence-electron chi connectivity index (χ3n) is 6.21. The van der Waals surface area contributed by atoms with E-state index in [0.717, 1.165) is 12.8 Å². The maximum atomic E-state index is 13.0. The minimum Gasteiger partial charge on any atom is -0.460 e. The molecule has 3 amide bonds. The zero-order valence-electron chi connectivity index (χ0n) is 23.4. The number of rotatable bonds is 15. The lowest BCUT2D eigenvalue weighted by atomic mass is 9.91. The molecule has 3 N–H and O–H groups in total. The summed E-state index contributed by atoms with van der Waals surface area (Å²) in [4.78, 5) is 49.6. The van der Waals surface area contributed by atoms with E-state index in [4.69, 9.17) is 9.47 Å². The van der Waals surface area contributed by atoms with Gasteiger partial charge in [0, 0.05) is 12.5 Å². The van der Waals surface area contributed by atoms with E-state index in [-0.39, 0.29) is 48.3 Å². The van der Waals surface area contributed by atoms with Crippen molar-refractivity contribution in [2.45, 2.75) is 116 Å². The van der Waals surface area contributed by atoms with Gasteiger partial charge < -0.3 is 25.4 Å². The zero-order valence-corrected chi connectivity index (χ0v) is 23.4. The van der Waals surface area contributed by atoms with E-state index in [1.807, 2.05) is 13.0 Å². The molecular weight excluding hydrogens is 474 g/mol. The molecule has 0 aromatic heterocycles. The van der Waals surface area contributed by atoms with E-state index in [0.29, 0.717) is 31.6 Å². The summed E-state index contributed by atoms with van der Waals surface area (Å²) >= 11 is 0. The molecule has 1 aliphatic rings. The van der Waals surface area contributed by atoms with Crippen LogP contribution in [-0.4, -0.2) is 53.7 Å². The second-order valence-electron chi connectivity index (χ2n) is 11.1. The number of cyclic esters (lactones) is 1. The van der Waals surface area contributed by atoms with E-state index in [2.05, 4.69) is 36.0 Å². The smallest absolute Gasteiger partial charge is 0.407 e. The minimum atomic E-state index is -0.773. The van der Waals surface area contributed by atoms with Gasteiger partial charge in [-0.1, -0.05) is 26.0 Å². The third-order valence-corrected chi connectivity index (χ3v) is 6.21. The van der Waals surface area contributed by atoms with Gasteiger partial charge in [-0.3, -0.25) is 14.4 Å². The molecule has 9 nitrogen and oxygen atoms in total. The number of hydrogen-bond acceptors (Lipinski definition) is 6. The third kappa shape index (κ3) is 12.8. The fourth-order valence-electron chi connectivity index (χ4n) is 4.18. The summed E-state index contributed by atoms with van der Waals surface area (Å²) in [6.45, 7) is 18.3. The molecule has 9 heteroatoms. The average molecular weight is 522 g/mol. The SMILES string of the molecule is C=CCCC(C)CC(NC(=O)C(C)NC(=O)CCC(CC=C)NC(=O)OC(C)(C)C)C1CC(C)C(=O)O1. The lowest BCUT2D eigenvalue weighted by molar-refractivity contribution is -0.145. The first-order valence-electron chi connectivity index (χ1n) is 13.3. The predicted molar refractivity (Wildman–Crippen MR) is 144 cm³/mol. The lowest BCUT2D eigenvalue weighted by Crippen LogP contribution is -2.52. The number of amides is 3. The van der Waals surface area contributed by atoms with Gasteiger partial charge in [-0.25, -0.2) is 4.79 Å². The number of nitrogens with one attached hydrogen (secondary N) is 3. The Morgan fingerprint density at radius 1 is 1.11 bits per heavy atom. The van der Waals surface area contributed by atoms with Crippen LogP contribution < -0.4 is 16.0 Å². The van der Waals surface area contributed by atoms with Crippen LogP contribution in [0.5, 0.6) is 0 Å². The van der Waals surface area contributed by atoms with Crippen molar-refractivity contribution >= 4 is 23.9 Å². The highest BCUT2D eigenvalue weighted by Gasteiger charge is 2.38. The Balaban J connectivity index is 2.66. The van der Waals surface area contributed by atoms with Gasteiger partial charge in [0.15, 0.2) is 0 Å². The van der Waals surface area contributed by atoms with E-state index < -0.39 is 17.7 Å². The van der Waals surface area contributed by atoms with Gasteiger partial charge in [-0.2, -0.15) is 0 Å². The second kappa shape index (κ2) is 15.4. The molecule has 1 fully saturated rings. The van der Waals surface area contributed by atoms with Crippen LogP contribution in [0, 0.1) is 11.8 Å². The molecule has 0 aromatic carbocycles. The molecule has 0 aromatic rings. The van der Waals surface area contributed by atoms with E-state index in [9.17, 15) is 19.2 Å². The Kier molecular flexibility index (Phi) is 13.4. The maximum absolute atomic E-state index is 13.0. The van der Waals surface area contributed by atoms with Crippen molar-refractivity contribution in [3.63, 3.8) is 0 Å². The molecule has 210 valence electrons.